The molecule has 2 heterocycles. The van der Waals surface area contributed by atoms with Crippen LogP contribution in [-0.4, -0.2) is 22.9 Å². The van der Waals surface area contributed by atoms with Crippen molar-refractivity contribution in [2.45, 2.75) is 13.1 Å². The average Bonchev–Trinajstić information content (AvgIpc) is 3.20. The normalized spacial score (nSPS) is 10.8. The second kappa shape index (κ2) is 8.67. The summed E-state index contributed by atoms with van der Waals surface area (Å²) >= 11 is 0. The van der Waals surface area contributed by atoms with Crippen LogP contribution in [0.5, 0.6) is 5.75 Å². The van der Waals surface area contributed by atoms with Crippen LogP contribution in [0, 0.1) is 0 Å². The summed E-state index contributed by atoms with van der Waals surface area (Å²) in [6.45, 7) is 0.846. The second-order valence-corrected chi connectivity index (χ2v) is 5.74. The third-order valence-electron chi connectivity index (χ3n) is 3.85. The average molecular weight is 348 g/mol. The van der Waals surface area contributed by atoms with Gasteiger partial charge in [-0.15, -0.1) is 0 Å². The number of methoxy groups -OCH3 is 1. The molecule has 0 unspecified atom stereocenters. The molecule has 3 rings (SSSR count). The van der Waals surface area contributed by atoms with Gasteiger partial charge >= 0.3 is 0 Å². The molecular formula is C21H20N2O3. The smallest absolute Gasteiger partial charge is 0.247 e. The molecule has 0 saturated heterocycles. The van der Waals surface area contributed by atoms with Crippen molar-refractivity contribution >= 4 is 12.0 Å². The van der Waals surface area contributed by atoms with Gasteiger partial charge in [0.25, 0.3) is 0 Å². The number of pyridine rings is 1. The summed E-state index contributed by atoms with van der Waals surface area (Å²) in [5.41, 5.74) is 1.86. The standard InChI is InChI=1S/C21H20N2O3/c1-25-19-7-2-5-17(13-19)9-10-21(24)23(16-20-8-4-12-26-20)15-18-6-3-11-22-14-18/h2-14H,15-16H2,1H3/b10-9+. The molecule has 0 aliphatic carbocycles. The second-order valence-electron chi connectivity index (χ2n) is 5.74. The zero-order chi connectivity index (χ0) is 18.2. The number of rotatable bonds is 7. The summed E-state index contributed by atoms with van der Waals surface area (Å²) in [5, 5.41) is 0. The van der Waals surface area contributed by atoms with Gasteiger partial charge in [-0.3, -0.25) is 9.78 Å². The predicted molar refractivity (Wildman–Crippen MR) is 99.2 cm³/mol. The van der Waals surface area contributed by atoms with Crippen molar-refractivity contribution in [1.29, 1.82) is 0 Å². The number of carbonyl (C=O) groups is 1. The summed E-state index contributed by atoms with van der Waals surface area (Å²) in [4.78, 5) is 18.6. The summed E-state index contributed by atoms with van der Waals surface area (Å²) in [5.74, 6) is 1.38. The van der Waals surface area contributed by atoms with Gasteiger partial charge in [0.1, 0.15) is 11.5 Å². The monoisotopic (exact) mass is 348 g/mol. The van der Waals surface area contributed by atoms with Crippen LogP contribution < -0.4 is 4.74 Å². The highest BCUT2D eigenvalue weighted by atomic mass is 16.5. The van der Waals surface area contributed by atoms with Crippen LogP contribution >= 0.6 is 0 Å². The van der Waals surface area contributed by atoms with E-state index in [1.165, 1.54) is 0 Å². The molecule has 0 radical (unpaired) electrons. The molecule has 5 heteroatoms. The van der Waals surface area contributed by atoms with Gasteiger partial charge in [0, 0.05) is 25.0 Å². The lowest BCUT2D eigenvalue weighted by atomic mass is 10.2. The summed E-state index contributed by atoms with van der Waals surface area (Å²) < 4.78 is 10.6. The van der Waals surface area contributed by atoms with Crippen LogP contribution in [0.25, 0.3) is 6.08 Å². The first-order valence-electron chi connectivity index (χ1n) is 8.27. The third kappa shape index (κ3) is 4.83. The Balaban J connectivity index is 1.76. The van der Waals surface area contributed by atoms with E-state index in [2.05, 4.69) is 4.98 Å². The number of ether oxygens (including phenoxy) is 1. The minimum absolute atomic E-state index is 0.104. The number of furan rings is 1. The molecule has 3 aromatic rings. The minimum atomic E-state index is -0.104. The minimum Gasteiger partial charge on any atom is -0.497 e. The van der Waals surface area contributed by atoms with Crippen LogP contribution in [0.4, 0.5) is 0 Å². The number of amides is 1. The molecule has 5 nitrogen and oxygen atoms in total. The zero-order valence-electron chi connectivity index (χ0n) is 14.5. The first-order chi connectivity index (χ1) is 12.7. The Kier molecular flexibility index (Phi) is 5.83. The molecule has 0 aliphatic heterocycles. The quantitative estimate of drug-likeness (QED) is 0.607. The molecule has 0 N–H and O–H groups in total. The van der Waals surface area contributed by atoms with E-state index in [9.17, 15) is 4.79 Å². The summed E-state index contributed by atoms with van der Waals surface area (Å²) in [7, 11) is 1.62. The number of hydrogen-bond acceptors (Lipinski definition) is 4. The van der Waals surface area contributed by atoms with Gasteiger partial charge in [-0.05, 0) is 47.5 Å². The van der Waals surface area contributed by atoms with Gasteiger partial charge in [-0.25, -0.2) is 0 Å². The fraction of sp³-hybridized carbons (Fsp3) is 0.143. The Morgan fingerprint density at radius 1 is 1.19 bits per heavy atom. The van der Waals surface area contributed by atoms with E-state index in [4.69, 9.17) is 9.15 Å². The highest BCUT2D eigenvalue weighted by molar-refractivity contribution is 5.91. The highest BCUT2D eigenvalue weighted by Gasteiger charge is 2.13. The van der Waals surface area contributed by atoms with E-state index in [1.54, 1.807) is 42.8 Å². The molecule has 0 spiro atoms. The maximum atomic E-state index is 12.7. The first kappa shape index (κ1) is 17.5. The molecule has 0 saturated carbocycles. The lowest BCUT2D eigenvalue weighted by molar-refractivity contribution is -0.127. The van der Waals surface area contributed by atoms with E-state index >= 15 is 0 Å². The van der Waals surface area contributed by atoms with E-state index < -0.39 is 0 Å². The van der Waals surface area contributed by atoms with Crippen LogP contribution in [0.15, 0.2) is 77.7 Å². The lowest BCUT2D eigenvalue weighted by Gasteiger charge is -2.20. The van der Waals surface area contributed by atoms with E-state index in [1.807, 2.05) is 48.5 Å². The Morgan fingerprint density at radius 2 is 2.12 bits per heavy atom. The van der Waals surface area contributed by atoms with Crippen molar-refractivity contribution in [2.75, 3.05) is 7.11 Å². The van der Waals surface area contributed by atoms with Gasteiger partial charge in [-0.2, -0.15) is 0 Å². The predicted octanol–water partition coefficient (Wildman–Crippen LogP) is 3.93. The van der Waals surface area contributed by atoms with E-state index in [0.717, 1.165) is 22.6 Å². The summed E-state index contributed by atoms with van der Waals surface area (Å²) in [6, 6.07) is 15.0. The molecule has 2 aromatic heterocycles. The highest BCUT2D eigenvalue weighted by Crippen LogP contribution is 2.15. The zero-order valence-corrected chi connectivity index (χ0v) is 14.5. The van der Waals surface area contributed by atoms with Crippen LogP contribution in [0.2, 0.25) is 0 Å². The van der Waals surface area contributed by atoms with E-state index in [-0.39, 0.29) is 5.91 Å². The van der Waals surface area contributed by atoms with Crippen molar-refractivity contribution in [3.05, 3.63) is 90.2 Å². The van der Waals surface area contributed by atoms with Crippen molar-refractivity contribution in [1.82, 2.24) is 9.88 Å². The number of benzene rings is 1. The van der Waals surface area contributed by atoms with Crippen LogP contribution in [-0.2, 0) is 17.9 Å². The largest absolute Gasteiger partial charge is 0.497 e. The van der Waals surface area contributed by atoms with Gasteiger partial charge < -0.3 is 14.1 Å². The van der Waals surface area contributed by atoms with Crippen molar-refractivity contribution in [3.63, 3.8) is 0 Å². The number of hydrogen-bond donors (Lipinski definition) is 0. The number of carbonyl (C=O) groups excluding carboxylic acids is 1. The lowest BCUT2D eigenvalue weighted by Crippen LogP contribution is -2.28. The number of nitrogens with zero attached hydrogens (tertiary/aromatic N) is 2. The summed E-state index contributed by atoms with van der Waals surface area (Å²) in [6.07, 6.45) is 8.42. The van der Waals surface area contributed by atoms with Crippen LogP contribution in [0.3, 0.4) is 0 Å². The Morgan fingerprint density at radius 3 is 2.85 bits per heavy atom. The number of aromatic nitrogens is 1. The maximum Gasteiger partial charge on any atom is 0.247 e. The molecule has 0 fully saturated rings. The molecule has 0 atom stereocenters. The maximum absolute atomic E-state index is 12.7. The van der Waals surface area contributed by atoms with E-state index in [0.29, 0.717) is 13.1 Å². The molecule has 1 aromatic carbocycles. The molecule has 26 heavy (non-hydrogen) atoms. The third-order valence-corrected chi connectivity index (χ3v) is 3.85. The Labute approximate surface area is 152 Å². The van der Waals surface area contributed by atoms with Gasteiger partial charge in [0.2, 0.25) is 5.91 Å². The van der Waals surface area contributed by atoms with Gasteiger partial charge in [-0.1, -0.05) is 18.2 Å². The van der Waals surface area contributed by atoms with Crippen molar-refractivity contribution < 1.29 is 13.9 Å². The fourth-order valence-corrected chi connectivity index (χ4v) is 2.53. The molecule has 132 valence electrons. The van der Waals surface area contributed by atoms with Gasteiger partial charge in [0.05, 0.1) is 19.9 Å². The van der Waals surface area contributed by atoms with Gasteiger partial charge in [0.15, 0.2) is 0 Å². The van der Waals surface area contributed by atoms with Crippen molar-refractivity contribution in [2.24, 2.45) is 0 Å². The topological polar surface area (TPSA) is 55.6 Å². The van der Waals surface area contributed by atoms with Crippen molar-refractivity contribution in [3.8, 4) is 5.75 Å². The van der Waals surface area contributed by atoms with Crippen LogP contribution in [0.1, 0.15) is 16.9 Å². The SMILES string of the molecule is COc1cccc(/C=C/C(=O)N(Cc2cccnc2)Cc2ccco2)c1. The molecule has 0 aliphatic rings. The Bertz CT molecular complexity index is 858. The molecule has 1 amide bonds. The first-order valence-corrected chi connectivity index (χ1v) is 8.27. The molecular weight excluding hydrogens is 328 g/mol. The Hall–Kier alpha value is -3.34. The molecule has 0 bridgehead atoms. The fourth-order valence-electron chi connectivity index (χ4n) is 2.53.